The molecule has 1 spiro atoms. The molecule has 212 valence electrons. The highest BCUT2D eigenvalue weighted by Crippen LogP contribution is 2.55. The van der Waals surface area contributed by atoms with Crippen LogP contribution >= 0.6 is 0 Å². The Morgan fingerprint density at radius 1 is 0.718 bits per heavy atom. The monoisotopic (exact) mass is 540 g/mol. The molecule has 0 radical (unpaired) electrons. The Hall–Kier alpha value is -3.42. The lowest BCUT2D eigenvalue weighted by Gasteiger charge is -2.51. The van der Waals surface area contributed by atoms with Crippen molar-refractivity contribution in [2.24, 2.45) is 0 Å². The van der Waals surface area contributed by atoms with Crippen molar-refractivity contribution in [1.82, 2.24) is 0 Å². The minimum absolute atomic E-state index is 0.141. The Bertz CT molecular complexity index is 1160. The Kier molecular flexibility index (Phi) is 7.79. The van der Waals surface area contributed by atoms with Crippen LogP contribution in [0.4, 0.5) is 0 Å². The van der Waals surface area contributed by atoms with E-state index in [0.717, 1.165) is 33.8 Å². The van der Waals surface area contributed by atoms with Crippen LogP contribution in [-0.4, -0.2) is 44.2 Å². The molecule has 0 bridgehead atoms. The smallest absolute Gasteiger partial charge is 0.344 e. The third-order valence-corrected chi connectivity index (χ3v) is 7.33. The maximum absolute atomic E-state index is 11.8. The lowest BCUT2D eigenvalue weighted by atomic mass is 9.69. The van der Waals surface area contributed by atoms with Crippen LogP contribution in [0.2, 0.25) is 0 Å². The lowest BCUT2D eigenvalue weighted by molar-refractivity contribution is -0.166. The molecule has 4 rings (SSSR count). The van der Waals surface area contributed by atoms with Crippen LogP contribution in [0.1, 0.15) is 76.6 Å². The number of esters is 2. The number of carbonyl (C=O) groups excluding carboxylic acids is 2. The van der Waals surface area contributed by atoms with Gasteiger partial charge in [-0.3, -0.25) is 0 Å². The topological polar surface area (TPSA) is 89.5 Å². The van der Waals surface area contributed by atoms with Gasteiger partial charge in [0.2, 0.25) is 0 Å². The van der Waals surface area contributed by atoms with Gasteiger partial charge in [0, 0.05) is 34.8 Å². The van der Waals surface area contributed by atoms with Crippen LogP contribution in [0.3, 0.4) is 0 Å². The normalized spacial score (nSPS) is 17.6. The molecule has 0 aliphatic carbocycles. The van der Waals surface area contributed by atoms with Crippen LogP contribution < -0.4 is 18.9 Å². The molecule has 2 aromatic carbocycles. The first-order valence-corrected chi connectivity index (χ1v) is 13.5. The van der Waals surface area contributed by atoms with Gasteiger partial charge in [0.05, 0.1) is 13.2 Å². The van der Waals surface area contributed by atoms with Gasteiger partial charge in [-0.05, 0) is 63.1 Å². The molecule has 0 N–H and O–H groups in total. The Morgan fingerprint density at radius 3 is 1.46 bits per heavy atom. The van der Waals surface area contributed by atoms with E-state index in [9.17, 15) is 9.59 Å². The van der Waals surface area contributed by atoms with Gasteiger partial charge in [0.1, 0.15) is 23.0 Å². The predicted octanol–water partition coefficient (Wildman–Crippen LogP) is 5.70. The van der Waals surface area contributed by atoms with Gasteiger partial charge in [-0.15, -0.1) is 0 Å². The fourth-order valence-electron chi connectivity index (χ4n) is 5.71. The summed E-state index contributed by atoms with van der Waals surface area (Å²) >= 11 is 0. The second kappa shape index (κ2) is 10.6. The molecule has 2 aromatic rings. The molecular weight excluding hydrogens is 500 g/mol. The molecule has 0 saturated carbocycles. The fraction of sp³-hybridized carbons (Fsp3) is 0.548. The van der Waals surface area contributed by atoms with Gasteiger partial charge in [-0.25, -0.2) is 9.59 Å². The van der Waals surface area contributed by atoms with E-state index in [1.807, 2.05) is 38.1 Å². The Balaban J connectivity index is 1.62. The first-order chi connectivity index (χ1) is 18.3. The maximum atomic E-state index is 11.8. The van der Waals surface area contributed by atoms with E-state index in [1.165, 1.54) is 0 Å². The van der Waals surface area contributed by atoms with Gasteiger partial charge in [-0.1, -0.05) is 27.7 Å². The molecular formula is C31H40O8. The summed E-state index contributed by atoms with van der Waals surface area (Å²) in [4.78, 5) is 23.7. The summed E-state index contributed by atoms with van der Waals surface area (Å²) in [6.07, 6.45) is 1.24. The molecule has 39 heavy (non-hydrogen) atoms. The van der Waals surface area contributed by atoms with E-state index in [1.54, 1.807) is 13.8 Å². The third kappa shape index (κ3) is 5.94. The summed E-state index contributed by atoms with van der Waals surface area (Å²) in [6, 6.07) is 7.86. The first kappa shape index (κ1) is 28.6. The van der Waals surface area contributed by atoms with E-state index < -0.39 is 17.7 Å². The van der Waals surface area contributed by atoms with Gasteiger partial charge >= 0.3 is 11.9 Å². The molecule has 2 aliphatic heterocycles. The largest absolute Gasteiger partial charge is 0.482 e. The highest BCUT2D eigenvalue weighted by atomic mass is 16.7. The predicted molar refractivity (Wildman–Crippen MR) is 146 cm³/mol. The maximum Gasteiger partial charge on any atom is 0.344 e. The van der Waals surface area contributed by atoms with Crippen molar-refractivity contribution in [2.45, 2.75) is 84.8 Å². The lowest BCUT2D eigenvalue weighted by Crippen LogP contribution is -2.55. The van der Waals surface area contributed by atoms with Crippen molar-refractivity contribution >= 4 is 11.9 Å². The Labute approximate surface area is 230 Å². The van der Waals surface area contributed by atoms with Gasteiger partial charge in [0.15, 0.2) is 13.2 Å². The summed E-state index contributed by atoms with van der Waals surface area (Å²) in [5.41, 5.74) is 3.14. The molecule has 0 amide bonds. The average molecular weight is 541 g/mol. The number of hydrogen-bond acceptors (Lipinski definition) is 8. The standard InChI is InChI=1S/C31H40O8/c1-9-34-27(32)15-36-23-13-21-25(11-19(23)3)38-31(17-29(21,5)6)18-30(7,8)22-14-24(20(4)12-26(22)39-31)37-16-28(33)35-10-2/h11-14H,9-10,15-18H2,1-8H3. The van der Waals surface area contributed by atoms with E-state index in [0.29, 0.717) is 37.6 Å². The minimum Gasteiger partial charge on any atom is -0.482 e. The summed E-state index contributed by atoms with van der Waals surface area (Å²) in [5, 5.41) is 0. The summed E-state index contributed by atoms with van der Waals surface area (Å²) in [7, 11) is 0. The fourth-order valence-corrected chi connectivity index (χ4v) is 5.71. The van der Waals surface area contributed by atoms with Crippen molar-refractivity contribution in [1.29, 1.82) is 0 Å². The number of hydrogen-bond donors (Lipinski definition) is 0. The SMILES string of the molecule is CCOC(=O)COc1cc2c(cc1C)OC1(CC2(C)C)CC(C)(C)c2cc(OCC(=O)OCC)c(C)cc2O1. The third-order valence-electron chi connectivity index (χ3n) is 7.33. The zero-order valence-corrected chi connectivity index (χ0v) is 24.3. The quantitative estimate of drug-likeness (QED) is 0.394. The molecule has 0 atom stereocenters. The van der Waals surface area contributed by atoms with Crippen molar-refractivity contribution < 1.29 is 38.0 Å². The zero-order chi connectivity index (χ0) is 28.6. The number of rotatable bonds is 8. The van der Waals surface area contributed by atoms with E-state index in [2.05, 4.69) is 27.7 Å². The number of ether oxygens (including phenoxy) is 6. The second-order valence-corrected chi connectivity index (χ2v) is 11.7. The van der Waals surface area contributed by atoms with Crippen molar-refractivity contribution in [3.05, 3.63) is 46.5 Å². The van der Waals surface area contributed by atoms with Crippen molar-refractivity contribution in [2.75, 3.05) is 26.4 Å². The highest BCUT2D eigenvalue weighted by Gasteiger charge is 2.53. The first-order valence-electron chi connectivity index (χ1n) is 13.5. The van der Waals surface area contributed by atoms with Gasteiger partial charge in [-0.2, -0.15) is 0 Å². The molecule has 0 unspecified atom stereocenters. The molecule has 8 nitrogen and oxygen atoms in total. The van der Waals surface area contributed by atoms with E-state index in [4.69, 9.17) is 28.4 Å². The number of aryl methyl sites for hydroxylation is 2. The van der Waals surface area contributed by atoms with Crippen LogP contribution in [0, 0.1) is 13.8 Å². The average Bonchev–Trinajstić information content (AvgIpc) is 2.81. The zero-order valence-electron chi connectivity index (χ0n) is 24.3. The number of benzene rings is 2. The van der Waals surface area contributed by atoms with Crippen LogP contribution in [0.5, 0.6) is 23.0 Å². The summed E-state index contributed by atoms with van der Waals surface area (Å²) < 4.78 is 35.0. The molecule has 0 fully saturated rings. The van der Waals surface area contributed by atoms with E-state index in [-0.39, 0.29) is 24.0 Å². The van der Waals surface area contributed by atoms with E-state index >= 15 is 0 Å². The number of carbonyl (C=O) groups is 2. The Morgan fingerprint density at radius 2 is 1.10 bits per heavy atom. The van der Waals surface area contributed by atoms with Crippen molar-refractivity contribution in [3.8, 4) is 23.0 Å². The van der Waals surface area contributed by atoms with Gasteiger partial charge < -0.3 is 28.4 Å². The second-order valence-electron chi connectivity index (χ2n) is 11.7. The van der Waals surface area contributed by atoms with Gasteiger partial charge in [0.25, 0.3) is 5.79 Å². The summed E-state index contributed by atoms with van der Waals surface area (Å²) in [6.45, 7) is 16.4. The molecule has 2 heterocycles. The van der Waals surface area contributed by atoms with Crippen LogP contribution in [-0.2, 0) is 29.9 Å². The molecule has 0 saturated heterocycles. The van der Waals surface area contributed by atoms with Crippen molar-refractivity contribution in [3.63, 3.8) is 0 Å². The summed E-state index contributed by atoms with van der Waals surface area (Å²) in [5.74, 6) is 1.10. The highest BCUT2D eigenvalue weighted by molar-refractivity contribution is 5.71. The number of fused-ring (bicyclic) bond motifs is 2. The minimum atomic E-state index is -0.869. The molecule has 2 aliphatic rings. The molecule has 0 aromatic heterocycles. The molecule has 8 heteroatoms. The van der Waals surface area contributed by atoms with Crippen LogP contribution in [0.25, 0.3) is 0 Å². The van der Waals surface area contributed by atoms with Crippen LogP contribution in [0.15, 0.2) is 24.3 Å².